The topological polar surface area (TPSA) is 140 Å². The van der Waals surface area contributed by atoms with Crippen LogP contribution in [0.4, 0.5) is 0 Å². The number of ether oxygens (including phenoxy) is 3. The average molecular weight is 519 g/mol. The van der Waals surface area contributed by atoms with Gasteiger partial charge in [0.1, 0.15) is 17.9 Å². The predicted octanol–water partition coefficient (Wildman–Crippen LogP) is 1.69. The van der Waals surface area contributed by atoms with Crippen molar-refractivity contribution in [2.75, 3.05) is 20.3 Å². The molecule has 204 valence electrons. The standard InChI is InChI=1S/C27H38N2O8/c1-17(2)14-23-27(34)37-22(18(3)16-30)6-5-7-24(31)29-21(26(33)28-13-12-25(32)36-23)15-19-8-10-20(35-4)11-9-19/h5,7-11,17-18,21-23,30H,6,12-16H2,1-4H3,(H,28,33)(H,29,31)/b7-5+/t18-,21-,22+,23+/m1/s1. The molecule has 2 amide bonds. The van der Waals surface area contributed by atoms with Crippen LogP contribution in [0, 0.1) is 11.8 Å². The molecule has 1 aliphatic rings. The highest BCUT2D eigenvalue weighted by molar-refractivity contribution is 5.93. The number of carbonyl (C=O) groups is 4. The van der Waals surface area contributed by atoms with E-state index in [0.29, 0.717) is 5.75 Å². The predicted molar refractivity (Wildman–Crippen MR) is 135 cm³/mol. The Labute approximate surface area is 217 Å². The molecule has 0 aromatic heterocycles. The van der Waals surface area contributed by atoms with Crippen molar-refractivity contribution in [1.29, 1.82) is 0 Å². The molecule has 1 aromatic rings. The molecule has 0 spiro atoms. The highest BCUT2D eigenvalue weighted by Crippen LogP contribution is 2.18. The number of rotatable bonds is 7. The van der Waals surface area contributed by atoms with Crippen LogP contribution in [0.1, 0.15) is 45.6 Å². The van der Waals surface area contributed by atoms with Crippen LogP contribution < -0.4 is 15.4 Å². The molecule has 1 heterocycles. The van der Waals surface area contributed by atoms with Gasteiger partial charge in [0.2, 0.25) is 11.8 Å². The van der Waals surface area contributed by atoms with Gasteiger partial charge in [0.15, 0.2) is 6.10 Å². The van der Waals surface area contributed by atoms with Crippen LogP contribution in [0.2, 0.25) is 0 Å². The number of hydrogen-bond donors (Lipinski definition) is 3. The van der Waals surface area contributed by atoms with Crippen LogP contribution in [0.5, 0.6) is 5.75 Å². The second-order valence-electron chi connectivity index (χ2n) is 9.54. The van der Waals surface area contributed by atoms with Gasteiger partial charge in [0.05, 0.1) is 13.5 Å². The number of aliphatic hydroxyl groups excluding tert-OH is 1. The van der Waals surface area contributed by atoms with Crippen LogP contribution in [0.25, 0.3) is 0 Å². The summed E-state index contributed by atoms with van der Waals surface area (Å²) in [5.41, 5.74) is 0.805. The van der Waals surface area contributed by atoms with E-state index in [0.717, 1.165) is 5.56 Å². The summed E-state index contributed by atoms with van der Waals surface area (Å²) in [6.07, 6.45) is 1.43. The molecule has 0 fully saturated rings. The van der Waals surface area contributed by atoms with Crippen molar-refractivity contribution in [2.45, 2.75) is 64.7 Å². The quantitative estimate of drug-likeness (QED) is 0.463. The van der Waals surface area contributed by atoms with E-state index in [1.54, 1.807) is 38.3 Å². The number of hydrogen-bond acceptors (Lipinski definition) is 8. The maximum absolute atomic E-state index is 12.9. The minimum atomic E-state index is -1.11. The third-order valence-electron chi connectivity index (χ3n) is 5.91. The van der Waals surface area contributed by atoms with E-state index >= 15 is 0 Å². The summed E-state index contributed by atoms with van der Waals surface area (Å²) in [5.74, 6) is -2.02. The van der Waals surface area contributed by atoms with Crippen molar-refractivity contribution in [3.05, 3.63) is 42.0 Å². The largest absolute Gasteiger partial charge is 0.497 e. The summed E-state index contributed by atoms with van der Waals surface area (Å²) in [5, 5.41) is 15.0. The van der Waals surface area contributed by atoms with E-state index in [2.05, 4.69) is 10.6 Å². The van der Waals surface area contributed by atoms with Crippen molar-refractivity contribution in [3.63, 3.8) is 0 Å². The lowest BCUT2D eigenvalue weighted by Gasteiger charge is -2.25. The lowest BCUT2D eigenvalue weighted by Crippen LogP contribution is -2.48. The minimum Gasteiger partial charge on any atom is -0.497 e. The smallest absolute Gasteiger partial charge is 0.347 e. The van der Waals surface area contributed by atoms with Crippen molar-refractivity contribution in [1.82, 2.24) is 10.6 Å². The lowest BCUT2D eigenvalue weighted by atomic mass is 10.0. The molecule has 0 saturated heterocycles. The van der Waals surface area contributed by atoms with Crippen molar-refractivity contribution in [2.24, 2.45) is 11.8 Å². The third-order valence-corrected chi connectivity index (χ3v) is 5.91. The highest BCUT2D eigenvalue weighted by Gasteiger charge is 2.30. The van der Waals surface area contributed by atoms with E-state index in [1.165, 1.54) is 12.2 Å². The maximum Gasteiger partial charge on any atom is 0.347 e. The fourth-order valence-electron chi connectivity index (χ4n) is 3.72. The molecular formula is C27H38N2O8. The zero-order valence-electron chi connectivity index (χ0n) is 21.9. The fraction of sp³-hybridized carbons (Fsp3) is 0.556. The van der Waals surface area contributed by atoms with Gasteiger partial charge in [-0.3, -0.25) is 14.4 Å². The normalized spacial score (nSPS) is 23.9. The van der Waals surface area contributed by atoms with Gasteiger partial charge in [-0.2, -0.15) is 0 Å². The Kier molecular flexibility index (Phi) is 12.1. The van der Waals surface area contributed by atoms with Gasteiger partial charge in [0, 0.05) is 31.9 Å². The maximum atomic E-state index is 12.9. The lowest BCUT2D eigenvalue weighted by molar-refractivity contribution is -0.174. The highest BCUT2D eigenvalue weighted by atomic mass is 16.6. The summed E-state index contributed by atoms with van der Waals surface area (Å²) in [4.78, 5) is 50.8. The Hall–Kier alpha value is -3.40. The molecular weight excluding hydrogens is 480 g/mol. The number of amides is 2. The molecule has 1 aromatic carbocycles. The number of cyclic esters (lactones) is 2. The molecule has 1 aliphatic heterocycles. The number of benzene rings is 1. The van der Waals surface area contributed by atoms with E-state index in [1.807, 2.05) is 13.8 Å². The van der Waals surface area contributed by atoms with E-state index in [-0.39, 0.29) is 44.8 Å². The monoisotopic (exact) mass is 518 g/mol. The zero-order valence-corrected chi connectivity index (χ0v) is 21.9. The molecule has 0 radical (unpaired) electrons. The van der Waals surface area contributed by atoms with Gasteiger partial charge in [-0.05, 0) is 36.1 Å². The molecule has 4 atom stereocenters. The molecule has 37 heavy (non-hydrogen) atoms. The molecule has 0 aliphatic carbocycles. The van der Waals surface area contributed by atoms with Gasteiger partial charge in [0.25, 0.3) is 0 Å². The Morgan fingerprint density at radius 2 is 1.78 bits per heavy atom. The number of esters is 2. The van der Waals surface area contributed by atoms with Crippen LogP contribution in [0.15, 0.2) is 36.4 Å². The van der Waals surface area contributed by atoms with Crippen LogP contribution in [-0.2, 0) is 35.1 Å². The average Bonchev–Trinajstić information content (AvgIpc) is 2.86. The molecule has 2 rings (SSSR count). The summed E-state index contributed by atoms with van der Waals surface area (Å²) in [6.45, 7) is 5.21. The minimum absolute atomic E-state index is 0.0316. The van der Waals surface area contributed by atoms with E-state index in [9.17, 15) is 24.3 Å². The number of carbonyl (C=O) groups excluding carboxylic acids is 4. The third kappa shape index (κ3) is 10.2. The second-order valence-corrected chi connectivity index (χ2v) is 9.54. The Morgan fingerprint density at radius 3 is 2.41 bits per heavy atom. The van der Waals surface area contributed by atoms with Crippen LogP contribution in [-0.4, -0.2) is 67.4 Å². The Morgan fingerprint density at radius 1 is 1.08 bits per heavy atom. The number of nitrogens with one attached hydrogen (secondary N) is 2. The van der Waals surface area contributed by atoms with E-state index in [4.69, 9.17) is 14.2 Å². The van der Waals surface area contributed by atoms with Gasteiger partial charge < -0.3 is 30.0 Å². The van der Waals surface area contributed by atoms with Crippen molar-refractivity contribution >= 4 is 23.8 Å². The van der Waals surface area contributed by atoms with Crippen LogP contribution in [0.3, 0.4) is 0 Å². The first-order valence-corrected chi connectivity index (χ1v) is 12.5. The van der Waals surface area contributed by atoms with Crippen molar-refractivity contribution in [3.8, 4) is 5.75 Å². The SMILES string of the molecule is COc1ccc(C[C@H]2NC(=O)/C=C/C[C@@H]([C@H](C)CO)OC(=O)[C@H](CC(C)C)OC(=O)CCNC2=O)cc1. The first-order chi connectivity index (χ1) is 17.6. The van der Waals surface area contributed by atoms with Crippen molar-refractivity contribution < 1.29 is 38.5 Å². The summed E-state index contributed by atoms with van der Waals surface area (Å²) >= 11 is 0. The fourth-order valence-corrected chi connectivity index (χ4v) is 3.72. The van der Waals surface area contributed by atoms with E-state index < -0.39 is 47.9 Å². The molecule has 10 nitrogen and oxygen atoms in total. The first kappa shape index (κ1) is 29.8. The number of methoxy groups -OCH3 is 1. The number of aliphatic hydroxyl groups is 1. The second kappa shape index (κ2) is 15.0. The molecule has 0 unspecified atom stereocenters. The molecule has 10 heteroatoms. The van der Waals surface area contributed by atoms with Gasteiger partial charge >= 0.3 is 11.9 Å². The van der Waals surface area contributed by atoms with Gasteiger partial charge in [-0.25, -0.2) is 4.79 Å². The molecule has 3 N–H and O–H groups in total. The molecule has 0 bridgehead atoms. The van der Waals surface area contributed by atoms with Crippen LogP contribution >= 0.6 is 0 Å². The Balaban J connectivity index is 2.26. The Bertz CT molecular complexity index is 944. The summed E-state index contributed by atoms with van der Waals surface area (Å²) in [7, 11) is 1.56. The molecule has 0 saturated carbocycles. The zero-order chi connectivity index (χ0) is 27.4. The van der Waals surface area contributed by atoms with Gasteiger partial charge in [-0.15, -0.1) is 0 Å². The van der Waals surface area contributed by atoms with Gasteiger partial charge in [-0.1, -0.05) is 39.0 Å². The first-order valence-electron chi connectivity index (χ1n) is 12.5. The summed E-state index contributed by atoms with van der Waals surface area (Å²) in [6, 6.07) is 6.23. The summed E-state index contributed by atoms with van der Waals surface area (Å²) < 4.78 is 16.2.